The van der Waals surface area contributed by atoms with Gasteiger partial charge in [-0.05, 0) is 32.0 Å². The molecule has 0 amide bonds. The van der Waals surface area contributed by atoms with E-state index in [0.29, 0.717) is 12.5 Å². The van der Waals surface area contributed by atoms with Gasteiger partial charge in [-0.15, -0.1) is 0 Å². The maximum atomic E-state index is 8.70. The highest BCUT2D eigenvalue weighted by Gasteiger charge is 2.13. The molecule has 3 nitrogen and oxygen atoms in total. The van der Waals surface area contributed by atoms with Gasteiger partial charge in [-0.25, -0.2) is 0 Å². The normalized spacial score (nSPS) is 10.7. The minimum absolute atomic E-state index is 0.405. The minimum Gasteiger partial charge on any atom is -0.496 e. The molecule has 0 heterocycles. The molecule has 0 spiro atoms. The number of benzene rings is 1. The van der Waals surface area contributed by atoms with E-state index in [1.165, 1.54) is 0 Å². The summed E-state index contributed by atoms with van der Waals surface area (Å²) in [6, 6.07) is 8.60. The molecule has 0 unspecified atom stereocenters. The monoisotopic (exact) mass is 310 g/mol. The van der Waals surface area contributed by atoms with Gasteiger partial charge in [0.05, 0.1) is 13.2 Å². The van der Waals surface area contributed by atoms with Gasteiger partial charge in [0, 0.05) is 35.6 Å². The van der Waals surface area contributed by atoms with Gasteiger partial charge in [0.15, 0.2) is 0 Å². The van der Waals surface area contributed by atoms with Crippen LogP contribution in [-0.4, -0.2) is 24.6 Å². The molecule has 0 aliphatic carbocycles. The van der Waals surface area contributed by atoms with Crippen molar-refractivity contribution >= 4 is 15.9 Å². The Labute approximate surface area is 117 Å². The second kappa shape index (κ2) is 7.40. The van der Waals surface area contributed by atoms with Gasteiger partial charge >= 0.3 is 0 Å². The lowest BCUT2D eigenvalue weighted by molar-refractivity contribution is 0.215. The number of nitriles is 1. The molecule has 0 fully saturated rings. The Bertz CT molecular complexity index is 426. The molecule has 0 atom stereocenters. The van der Waals surface area contributed by atoms with Gasteiger partial charge in [0.2, 0.25) is 0 Å². The number of methoxy groups -OCH3 is 1. The van der Waals surface area contributed by atoms with Crippen molar-refractivity contribution in [2.45, 2.75) is 32.9 Å². The summed E-state index contributed by atoms with van der Waals surface area (Å²) in [4.78, 5) is 2.27. The van der Waals surface area contributed by atoms with Crippen LogP contribution in [0.4, 0.5) is 0 Å². The average molecular weight is 311 g/mol. The van der Waals surface area contributed by atoms with Crippen LogP contribution in [0.15, 0.2) is 22.7 Å². The number of rotatable bonds is 6. The molecule has 18 heavy (non-hydrogen) atoms. The van der Waals surface area contributed by atoms with Crippen molar-refractivity contribution in [1.29, 1.82) is 5.26 Å². The number of ether oxygens (including phenoxy) is 1. The van der Waals surface area contributed by atoms with Gasteiger partial charge in [-0.2, -0.15) is 5.26 Å². The molecule has 1 rings (SSSR count). The summed E-state index contributed by atoms with van der Waals surface area (Å²) in [6.45, 7) is 5.86. The molecular formula is C14H19BrN2O. The Morgan fingerprint density at radius 2 is 2.17 bits per heavy atom. The van der Waals surface area contributed by atoms with Crippen LogP contribution in [0, 0.1) is 11.3 Å². The predicted octanol–water partition coefficient (Wildman–Crippen LogP) is 3.58. The van der Waals surface area contributed by atoms with Crippen LogP contribution in [0.5, 0.6) is 5.75 Å². The molecule has 0 N–H and O–H groups in total. The summed E-state index contributed by atoms with van der Waals surface area (Å²) in [6.07, 6.45) is 0.550. The van der Waals surface area contributed by atoms with E-state index in [-0.39, 0.29) is 0 Å². The lowest BCUT2D eigenvalue weighted by Gasteiger charge is -2.26. The summed E-state index contributed by atoms with van der Waals surface area (Å²) in [5, 5.41) is 8.70. The smallest absolute Gasteiger partial charge is 0.123 e. The summed E-state index contributed by atoms with van der Waals surface area (Å²) in [7, 11) is 1.68. The highest BCUT2D eigenvalue weighted by atomic mass is 79.9. The third-order valence-electron chi connectivity index (χ3n) is 2.86. The molecule has 0 aliphatic rings. The molecule has 0 aromatic heterocycles. The van der Waals surface area contributed by atoms with Crippen molar-refractivity contribution in [3.8, 4) is 11.8 Å². The zero-order valence-corrected chi connectivity index (χ0v) is 12.7. The van der Waals surface area contributed by atoms with E-state index < -0.39 is 0 Å². The number of halogens is 1. The molecule has 1 aromatic rings. The molecule has 1 aromatic carbocycles. The van der Waals surface area contributed by atoms with Crippen molar-refractivity contribution < 1.29 is 4.74 Å². The molecule has 0 radical (unpaired) electrons. The minimum atomic E-state index is 0.405. The molecule has 0 saturated heterocycles. The number of nitrogens with zero attached hydrogens (tertiary/aromatic N) is 2. The van der Waals surface area contributed by atoms with Gasteiger partial charge in [0.25, 0.3) is 0 Å². The third-order valence-corrected chi connectivity index (χ3v) is 3.35. The third kappa shape index (κ3) is 4.32. The lowest BCUT2D eigenvalue weighted by atomic mass is 10.1. The Kier molecular flexibility index (Phi) is 6.17. The fourth-order valence-electron chi connectivity index (χ4n) is 1.80. The maximum absolute atomic E-state index is 8.70. The van der Waals surface area contributed by atoms with E-state index in [1.807, 2.05) is 12.1 Å². The molecule has 4 heteroatoms. The average Bonchev–Trinajstić information content (AvgIpc) is 2.34. The van der Waals surface area contributed by atoms with Crippen LogP contribution >= 0.6 is 15.9 Å². The van der Waals surface area contributed by atoms with E-state index in [0.717, 1.165) is 28.9 Å². The summed E-state index contributed by atoms with van der Waals surface area (Å²) in [5.41, 5.74) is 1.14. The Hall–Kier alpha value is -1.05. The van der Waals surface area contributed by atoms with Gasteiger partial charge < -0.3 is 4.74 Å². The Balaban J connectivity index is 2.85. The van der Waals surface area contributed by atoms with Crippen molar-refractivity contribution in [2.24, 2.45) is 0 Å². The first-order valence-corrected chi connectivity index (χ1v) is 6.81. The summed E-state index contributed by atoms with van der Waals surface area (Å²) < 4.78 is 6.42. The lowest BCUT2D eigenvalue weighted by Crippen LogP contribution is -2.31. The van der Waals surface area contributed by atoms with Crippen LogP contribution in [0.3, 0.4) is 0 Å². The van der Waals surface area contributed by atoms with Gasteiger partial charge in [0.1, 0.15) is 5.75 Å². The molecule has 0 saturated carbocycles. The first kappa shape index (κ1) is 15.0. The highest BCUT2D eigenvalue weighted by molar-refractivity contribution is 9.10. The number of hydrogen-bond acceptors (Lipinski definition) is 3. The van der Waals surface area contributed by atoms with E-state index in [2.05, 4.69) is 46.8 Å². The predicted molar refractivity (Wildman–Crippen MR) is 76.5 cm³/mol. The van der Waals surface area contributed by atoms with Crippen molar-refractivity contribution in [3.63, 3.8) is 0 Å². The fourth-order valence-corrected chi connectivity index (χ4v) is 2.21. The van der Waals surface area contributed by atoms with Crippen molar-refractivity contribution in [2.75, 3.05) is 13.7 Å². The van der Waals surface area contributed by atoms with E-state index in [9.17, 15) is 0 Å². The van der Waals surface area contributed by atoms with Crippen LogP contribution in [-0.2, 0) is 6.54 Å². The topological polar surface area (TPSA) is 36.3 Å². The van der Waals surface area contributed by atoms with E-state index >= 15 is 0 Å². The number of hydrogen-bond donors (Lipinski definition) is 0. The zero-order valence-electron chi connectivity index (χ0n) is 11.1. The second-order valence-electron chi connectivity index (χ2n) is 4.43. The first-order chi connectivity index (χ1) is 8.58. The van der Waals surface area contributed by atoms with Crippen LogP contribution in [0.2, 0.25) is 0 Å². The van der Waals surface area contributed by atoms with Crippen LogP contribution < -0.4 is 4.74 Å². The highest BCUT2D eigenvalue weighted by Crippen LogP contribution is 2.25. The van der Waals surface area contributed by atoms with Gasteiger partial charge in [-0.3, -0.25) is 4.90 Å². The van der Waals surface area contributed by atoms with E-state index in [4.69, 9.17) is 10.00 Å². The first-order valence-electron chi connectivity index (χ1n) is 6.02. The fraction of sp³-hybridized carbons (Fsp3) is 0.500. The Morgan fingerprint density at radius 3 is 2.72 bits per heavy atom. The summed E-state index contributed by atoms with van der Waals surface area (Å²) in [5.74, 6) is 0.890. The van der Waals surface area contributed by atoms with Crippen LogP contribution in [0.25, 0.3) is 0 Å². The molecule has 98 valence electrons. The van der Waals surface area contributed by atoms with Gasteiger partial charge in [-0.1, -0.05) is 15.9 Å². The SMILES string of the molecule is COc1ccc(Br)cc1CN(CCC#N)C(C)C. The quantitative estimate of drug-likeness (QED) is 0.805. The van der Waals surface area contributed by atoms with E-state index in [1.54, 1.807) is 7.11 Å². The van der Waals surface area contributed by atoms with Crippen molar-refractivity contribution in [1.82, 2.24) is 4.90 Å². The maximum Gasteiger partial charge on any atom is 0.123 e. The zero-order chi connectivity index (χ0) is 13.5. The Morgan fingerprint density at radius 1 is 1.44 bits per heavy atom. The molecule has 0 bridgehead atoms. The molecule has 0 aliphatic heterocycles. The second-order valence-corrected chi connectivity index (χ2v) is 5.34. The summed E-state index contributed by atoms with van der Waals surface area (Å²) >= 11 is 3.48. The van der Waals surface area contributed by atoms with Crippen LogP contribution in [0.1, 0.15) is 25.8 Å². The van der Waals surface area contributed by atoms with Crippen molar-refractivity contribution in [3.05, 3.63) is 28.2 Å². The largest absolute Gasteiger partial charge is 0.496 e. The standard InChI is InChI=1S/C14H19BrN2O/c1-11(2)17(8-4-7-16)10-12-9-13(15)5-6-14(12)18-3/h5-6,9,11H,4,8,10H2,1-3H3. The molecular weight excluding hydrogens is 292 g/mol.